The van der Waals surface area contributed by atoms with Crippen molar-refractivity contribution in [1.82, 2.24) is 15.2 Å². The topological polar surface area (TPSA) is 63.4 Å². The van der Waals surface area contributed by atoms with Crippen LogP contribution in [0.25, 0.3) is 11.1 Å². The fraction of sp³-hybridized carbons (Fsp3) is 0.222. The van der Waals surface area contributed by atoms with E-state index in [1.54, 1.807) is 12.4 Å². The fourth-order valence-corrected chi connectivity index (χ4v) is 3.76. The minimum atomic E-state index is 0.713. The van der Waals surface area contributed by atoms with E-state index in [1.807, 2.05) is 38.2 Å². The van der Waals surface area contributed by atoms with Crippen molar-refractivity contribution in [2.75, 3.05) is 0 Å². The van der Waals surface area contributed by atoms with Crippen LogP contribution in [0.15, 0.2) is 88.9 Å². The van der Waals surface area contributed by atoms with Crippen LogP contribution in [0.1, 0.15) is 43.4 Å². The summed E-state index contributed by atoms with van der Waals surface area (Å²) in [5, 5.41) is 7.83. The molecule has 0 saturated carbocycles. The summed E-state index contributed by atoms with van der Waals surface area (Å²) in [5.41, 5.74) is 8.70. The minimum Gasteiger partial charge on any atom is -0.253 e. The lowest BCUT2D eigenvalue weighted by molar-refractivity contribution is 1.02. The first kappa shape index (κ1) is 21.5. The van der Waals surface area contributed by atoms with E-state index in [9.17, 15) is 0 Å². The standard InChI is InChI=1S/C27H27N5/c1-19-15-22(9-11-25(19)23-13-14-29-30-18-23)16-21(3)32-27-12-10-24(17-28-27)26-8-6-4-5-7-20(2)31-26/h6-15,17-18H,4-5,16H2,1-3H3. The van der Waals surface area contributed by atoms with Gasteiger partial charge < -0.3 is 0 Å². The third-order valence-corrected chi connectivity index (χ3v) is 5.34. The van der Waals surface area contributed by atoms with Gasteiger partial charge in [-0.3, -0.25) is 4.99 Å². The van der Waals surface area contributed by atoms with Crippen molar-refractivity contribution in [3.8, 4) is 11.1 Å². The third kappa shape index (κ3) is 5.49. The molecule has 0 bridgehead atoms. The zero-order valence-corrected chi connectivity index (χ0v) is 18.8. The summed E-state index contributed by atoms with van der Waals surface area (Å²) in [6.07, 6.45) is 14.6. The first-order valence-electron chi connectivity index (χ1n) is 10.9. The third-order valence-electron chi connectivity index (χ3n) is 5.34. The lowest BCUT2D eigenvalue weighted by Gasteiger charge is -2.09. The maximum Gasteiger partial charge on any atom is 0.151 e. The van der Waals surface area contributed by atoms with Crippen molar-refractivity contribution in [1.29, 1.82) is 0 Å². The number of rotatable bonds is 5. The molecule has 0 unspecified atom stereocenters. The molecule has 0 N–H and O–H groups in total. The van der Waals surface area contributed by atoms with Crippen LogP contribution in [0.4, 0.5) is 5.82 Å². The van der Waals surface area contributed by atoms with Crippen LogP contribution >= 0.6 is 0 Å². The van der Waals surface area contributed by atoms with Gasteiger partial charge in [0.25, 0.3) is 0 Å². The van der Waals surface area contributed by atoms with Gasteiger partial charge >= 0.3 is 0 Å². The molecule has 3 heterocycles. The number of aromatic nitrogens is 3. The van der Waals surface area contributed by atoms with Gasteiger partial charge in [0, 0.05) is 35.2 Å². The van der Waals surface area contributed by atoms with Crippen molar-refractivity contribution in [3.05, 3.63) is 95.6 Å². The summed E-state index contributed by atoms with van der Waals surface area (Å²) >= 11 is 0. The van der Waals surface area contributed by atoms with Crippen LogP contribution in [-0.2, 0) is 6.42 Å². The van der Waals surface area contributed by atoms with Crippen LogP contribution in [0, 0.1) is 6.92 Å². The molecule has 0 aliphatic carbocycles. The molecule has 160 valence electrons. The number of allylic oxidation sites excluding steroid dienone is 4. The Labute approximate surface area is 189 Å². The summed E-state index contributed by atoms with van der Waals surface area (Å²) in [6.45, 7) is 6.20. The van der Waals surface area contributed by atoms with Crippen molar-refractivity contribution in [2.45, 2.75) is 40.0 Å². The van der Waals surface area contributed by atoms with E-state index in [-0.39, 0.29) is 0 Å². The number of hydrogen-bond acceptors (Lipinski definition) is 5. The molecule has 5 heteroatoms. The first-order chi connectivity index (χ1) is 15.6. The second-order valence-electron chi connectivity index (χ2n) is 8.03. The van der Waals surface area contributed by atoms with Crippen molar-refractivity contribution in [3.63, 3.8) is 0 Å². The molecule has 1 aliphatic rings. The summed E-state index contributed by atoms with van der Waals surface area (Å²) in [7, 11) is 0. The molecule has 3 aromatic rings. The van der Waals surface area contributed by atoms with Gasteiger partial charge in [0.1, 0.15) is 0 Å². The average Bonchev–Trinajstić information content (AvgIpc) is 2.77. The molecule has 2 aromatic heterocycles. The summed E-state index contributed by atoms with van der Waals surface area (Å²) in [4.78, 5) is 14.0. The Morgan fingerprint density at radius 2 is 1.88 bits per heavy atom. The van der Waals surface area contributed by atoms with Crippen LogP contribution in [-0.4, -0.2) is 26.6 Å². The first-order valence-corrected chi connectivity index (χ1v) is 10.9. The Morgan fingerprint density at radius 3 is 2.62 bits per heavy atom. The molecule has 0 spiro atoms. The van der Waals surface area contributed by atoms with Gasteiger partial charge in [-0.2, -0.15) is 10.2 Å². The van der Waals surface area contributed by atoms with E-state index in [1.165, 1.54) is 16.7 Å². The Bertz CT molecular complexity index is 1200. The molecule has 0 radical (unpaired) electrons. The lowest BCUT2D eigenvalue weighted by atomic mass is 9.98. The van der Waals surface area contributed by atoms with Gasteiger partial charge in [-0.05, 0) is 74.6 Å². The molecule has 5 nitrogen and oxygen atoms in total. The number of aliphatic imine (C=N–C) groups is 2. The summed E-state index contributed by atoms with van der Waals surface area (Å²) < 4.78 is 0. The second kappa shape index (κ2) is 10.1. The minimum absolute atomic E-state index is 0.713. The molecule has 1 aromatic carbocycles. The smallest absolute Gasteiger partial charge is 0.151 e. The predicted octanol–water partition coefficient (Wildman–Crippen LogP) is 6.23. The largest absolute Gasteiger partial charge is 0.253 e. The summed E-state index contributed by atoms with van der Waals surface area (Å²) in [5.74, 6) is 0.713. The molecule has 0 atom stereocenters. The lowest BCUT2D eigenvalue weighted by Crippen LogP contribution is -2.00. The van der Waals surface area contributed by atoms with Gasteiger partial charge in [0.2, 0.25) is 0 Å². The van der Waals surface area contributed by atoms with E-state index >= 15 is 0 Å². The zero-order chi connectivity index (χ0) is 22.3. The SMILES string of the molecule is CC1=CCCC=CC(c2ccc(N=C(C)Cc3ccc(-c4ccnnc4)c(C)c3)nc2)=N1. The molecule has 0 saturated heterocycles. The van der Waals surface area contributed by atoms with Gasteiger partial charge in [-0.25, -0.2) is 9.98 Å². The number of pyridine rings is 1. The Hall–Kier alpha value is -3.73. The van der Waals surface area contributed by atoms with E-state index < -0.39 is 0 Å². The van der Waals surface area contributed by atoms with Crippen molar-refractivity contribution in [2.24, 2.45) is 9.98 Å². The molecule has 0 fully saturated rings. The highest BCUT2D eigenvalue weighted by Gasteiger charge is 2.06. The highest BCUT2D eigenvalue weighted by atomic mass is 15.1. The van der Waals surface area contributed by atoms with Gasteiger partial charge in [0.05, 0.1) is 18.1 Å². The number of nitrogens with zero attached hydrogens (tertiary/aromatic N) is 5. The van der Waals surface area contributed by atoms with Crippen LogP contribution in [0.2, 0.25) is 0 Å². The highest BCUT2D eigenvalue weighted by Crippen LogP contribution is 2.23. The molecular formula is C27H27N5. The molecule has 32 heavy (non-hydrogen) atoms. The second-order valence-corrected chi connectivity index (χ2v) is 8.03. The maximum absolute atomic E-state index is 4.72. The molecular weight excluding hydrogens is 394 g/mol. The van der Waals surface area contributed by atoms with E-state index in [0.717, 1.165) is 47.5 Å². The maximum atomic E-state index is 4.72. The van der Waals surface area contributed by atoms with Crippen LogP contribution < -0.4 is 0 Å². The number of aryl methyl sites for hydroxylation is 1. The molecule has 4 rings (SSSR count). The highest BCUT2D eigenvalue weighted by molar-refractivity contribution is 6.09. The van der Waals surface area contributed by atoms with Gasteiger partial charge in [0.15, 0.2) is 5.82 Å². The fourth-order valence-electron chi connectivity index (χ4n) is 3.76. The Morgan fingerprint density at radius 1 is 0.969 bits per heavy atom. The summed E-state index contributed by atoms with van der Waals surface area (Å²) in [6, 6.07) is 12.5. The monoisotopic (exact) mass is 421 g/mol. The van der Waals surface area contributed by atoms with Gasteiger partial charge in [-0.15, -0.1) is 0 Å². The van der Waals surface area contributed by atoms with Crippen molar-refractivity contribution < 1.29 is 0 Å². The Balaban J connectivity index is 1.47. The van der Waals surface area contributed by atoms with E-state index in [4.69, 9.17) is 9.98 Å². The Kier molecular flexibility index (Phi) is 6.75. The molecule has 1 aliphatic heterocycles. The normalized spacial score (nSPS) is 14.4. The quantitative estimate of drug-likeness (QED) is 0.459. The van der Waals surface area contributed by atoms with Gasteiger partial charge in [-0.1, -0.05) is 30.4 Å². The number of hydrogen-bond donors (Lipinski definition) is 0. The average molecular weight is 422 g/mol. The van der Waals surface area contributed by atoms with E-state index in [2.05, 4.69) is 58.5 Å². The zero-order valence-electron chi connectivity index (χ0n) is 18.8. The number of benzene rings is 1. The van der Waals surface area contributed by atoms with E-state index in [0.29, 0.717) is 5.82 Å². The van der Waals surface area contributed by atoms with Crippen LogP contribution in [0.5, 0.6) is 0 Å². The van der Waals surface area contributed by atoms with Crippen molar-refractivity contribution >= 4 is 17.2 Å². The van der Waals surface area contributed by atoms with Crippen LogP contribution in [0.3, 0.4) is 0 Å². The molecule has 0 amide bonds. The predicted molar refractivity (Wildman–Crippen MR) is 132 cm³/mol.